The number of nitrogens with zero attached hydrogens (tertiary/aromatic N) is 4. The van der Waals surface area contributed by atoms with Crippen molar-refractivity contribution in [1.82, 2.24) is 19.5 Å². The van der Waals surface area contributed by atoms with Crippen molar-refractivity contribution in [3.05, 3.63) is 91.1 Å². The predicted molar refractivity (Wildman–Crippen MR) is 129 cm³/mol. The summed E-state index contributed by atoms with van der Waals surface area (Å²) in [7, 11) is 0.173. The average molecular weight is 494 g/mol. The first-order valence-corrected chi connectivity index (χ1v) is 11.6. The Morgan fingerprint density at radius 3 is 2.49 bits per heavy atom. The molecular weight excluding hydrogens is 475 g/mol. The van der Waals surface area contributed by atoms with Crippen molar-refractivity contribution in [2.45, 2.75) is 11.1 Å². The Hall–Kier alpha value is -4.05. The van der Waals surface area contributed by atoms with Gasteiger partial charge >= 0.3 is 6.18 Å². The number of rotatable bonds is 5. The highest BCUT2D eigenvalue weighted by Crippen LogP contribution is 2.40. The smallest absolute Gasteiger partial charge is 0.334 e. The summed E-state index contributed by atoms with van der Waals surface area (Å²) in [5, 5.41) is 1.61. The normalized spacial score (nSPS) is 12.6. The number of nitrogens with one attached hydrogen (secondary N) is 1. The fourth-order valence-corrected chi connectivity index (χ4v) is 4.74. The Bertz CT molecular complexity index is 1550. The third-order valence-corrected chi connectivity index (χ3v) is 6.62. The Labute approximate surface area is 201 Å². The summed E-state index contributed by atoms with van der Waals surface area (Å²) >= 11 is 0. The number of aryl methyl sites for hydroxylation is 1. The molecule has 10 heteroatoms. The lowest BCUT2D eigenvalue weighted by Crippen LogP contribution is -2.06. The second-order valence-corrected chi connectivity index (χ2v) is 8.99. The molecule has 0 bridgehead atoms. The lowest BCUT2D eigenvalue weighted by Gasteiger charge is -2.16. The van der Waals surface area contributed by atoms with Crippen molar-refractivity contribution in [2.24, 2.45) is 7.05 Å². The largest absolute Gasteiger partial charge is 0.416 e. The first kappa shape index (κ1) is 22.7. The highest BCUT2D eigenvalue weighted by molar-refractivity contribution is 7.86. The maximum Gasteiger partial charge on any atom is 0.416 e. The zero-order valence-electron chi connectivity index (χ0n) is 18.3. The van der Waals surface area contributed by atoms with Crippen molar-refractivity contribution in [3.8, 4) is 22.5 Å². The molecule has 0 aliphatic heterocycles. The van der Waals surface area contributed by atoms with Gasteiger partial charge in [0.2, 0.25) is 0 Å². The lowest BCUT2D eigenvalue weighted by atomic mass is 9.93. The standard InChI is InChI=1S/C25H18F3N5OS/c1-33-12-11-30-24(33)22-14-17(25(26,27)28)5-7-21(22)20-4-2-3-16-13-18(6-8-19(16)20)35(34)32-23-9-10-29-15-31-23/h2-15H,1H3,(H,29,31,32). The van der Waals surface area contributed by atoms with Gasteiger partial charge < -0.3 is 4.57 Å². The summed E-state index contributed by atoms with van der Waals surface area (Å²) in [6.07, 6.45) is 1.66. The number of imidazole rings is 1. The molecule has 0 saturated heterocycles. The molecule has 0 aliphatic rings. The van der Waals surface area contributed by atoms with Gasteiger partial charge in [-0.05, 0) is 52.2 Å². The van der Waals surface area contributed by atoms with Crippen LogP contribution >= 0.6 is 0 Å². The van der Waals surface area contributed by atoms with Gasteiger partial charge in [-0.15, -0.1) is 0 Å². The molecule has 1 atom stereocenters. The summed E-state index contributed by atoms with van der Waals surface area (Å²) < 4.78 is 57.8. The molecule has 0 radical (unpaired) electrons. The van der Waals surface area contributed by atoms with Crippen LogP contribution < -0.4 is 4.72 Å². The molecule has 1 N–H and O–H groups in total. The number of aromatic nitrogens is 4. The number of alkyl halides is 3. The van der Waals surface area contributed by atoms with Gasteiger partial charge in [0.05, 0.1) is 10.5 Å². The van der Waals surface area contributed by atoms with E-state index >= 15 is 0 Å². The molecule has 0 spiro atoms. The highest BCUT2D eigenvalue weighted by Gasteiger charge is 2.31. The molecule has 6 nitrogen and oxygen atoms in total. The van der Waals surface area contributed by atoms with Crippen LogP contribution in [0.3, 0.4) is 0 Å². The second kappa shape index (κ2) is 8.95. The molecule has 0 fully saturated rings. The van der Waals surface area contributed by atoms with Crippen LogP contribution in [-0.4, -0.2) is 23.7 Å². The van der Waals surface area contributed by atoms with Gasteiger partial charge in [0, 0.05) is 31.2 Å². The quantitative estimate of drug-likeness (QED) is 0.333. The van der Waals surface area contributed by atoms with Gasteiger partial charge in [-0.2, -0.15) is 13.2 Å². The summed E-state index contributed by atoms with van der Waals surface area (Å²) in [5.41, 5.74) is 0.993. The number of benzene rings is 3. The fraction of sp³-hybridized carbons (Fsp3) is 0.0800. The van der Waals surface area contributed by atoms with E-state index in [9.17, 15) is 17.4 Å². The number of hydrogen-bond acceptors (Lipinski definition) is 4. The van der Waals surface area contributed by atoms with E-state index in [0.717, 1.165) is 28.5 Å². The van der Waals surface area contributed by atoms with Crippen LogP contribution in [0.25, 0.3) is 33.3 Å². The van der Waals surface area contributed by atoms with Gasteiger partial charge in [-0.3, -0.25) is 4.72 Å². The zero-order chi connectivity index (χ0) is 24.6. The number of anilines is 1. The molecule has 2 aromatic heterocycles. The predicted octanol–water partition coefficient (Wildman–Crippen LogP) is 5.85. The van der Waals surface area contributed by atoms with E-state index in [0.29, 0.717) is 27.7 Å². The number of fused-ring (bicyclic) bond motifs is 1. The maximum absolute atomic E-state index is 13.5. The van der Waals surface area contributed by atoms with Gasteiger partial charge in [0.25, 0.3) is 0 Å². The van der Waals surface area contributed by atoms with Crippen LogP contribution in [0.4, 0.5) is 19.0 Å². The van der Waals surface area contributed by atoms with E-state index in [2.05, 4.69) is 19.7 Å². The first-order valence-electron chi connectivity index (χ1n) is 10.5. The van der Waals surface area contributed by atoms with Crippen LogP contribution in [0.2, 0.25) is 0 Å². The third-order valence-electron chi connectivity index (χ3n) is 5.54. The minimum absolute atomic E-state index is 0.373. The van der Waals surface area contributed by atoms with Gasteiger partial charge in [-0.25, -0.2) is 19.2 Å². The van der Waals surface area contributed by atoms with Crippen molar-refractivity contribution >= 4 is 27.6 Å². The molecule has 5 rings (SSSR count). The summed E-state index contributed by atoms with van der Waals surface area (Å²) in [5.74, 6) is 0.853. The minimum Gasteiger partial charge on any atom is -0.334 e. The van der Waals surface area contributed by atoms with Crippen molar-refractivity contribution in [1.29, 1.82) is 0 Å². The molecule has 5 aromatic rings. The Morgan fingerprint density at radius 2 is 1.77 bits per heavy atom. The first-order chi connectivity index (χ1) is 16.8. The molecule has 0 aliphatic carbocycles. The summed E-state index contributed by atoms with van der Waals surface area (Å²) in [6.45, 7) is 0. The summed E-state index contributed by atoms with van der Waals surface area (Å²) in [4.78, 5) is 12.7. The molecule has 0 amide bonds. The van der Waals surface area contributed by atoms with Crippen molar-refractivity contribution < 1.29 is 17.4 Å². The number of halogens is 3. The maximum atomic E-state index is 13.5. The molecule has 3 aromatic carbocycles. The Morgan fingerprint density at radius 1 is 0.914 bits per heavy atom. The van der Waals surface area contributed by atoms with Crippen LogP contribution in [0, 0.1) is 0 Å². The lowest BCUT2D eigenvalue weighted by molar-refractivity contribution is -0.137. The van der Waals surface area contributed by atoms with Crippen LogP contribution in [0.5, 0.6) is 0 Å². The van der Waals surface area contributed by atoms with Gasteiger partial charge in [0.15, 0.2) is 11.0 Å². The fourth-order valence-electron chi connectivity index (χ4n) is 3.88. The van der Waals surface area contributed by atoms with E-state index in [1.54, 1.807) is 48.4 Å². The SMILES string of the molecule is Cn1ccnc1-c1cc(C(F)(F)F)ccc1-c1cccc2cc(S(=O)Nc3ccncn3)ccc12. The van der Waals surface area contributed by atoms with Gasteiger partial charge in [-0.1, -0.05) is 30.3 Å². The molecule has 176 valence electrons. The van der Waals surface area contributed by atoms with Gasteiger partial charge in [0.1, 0.15) is 18.0 Å². The molecular formula is C25H18F3N5OS. The van der Waals surface area contributed by atoms with E-state index in [-0.39, 0.29) is 0 Å². The van der Waals surface area contributed by atoms with E-state index in [1.807, 2.05) is 24.3 Å². The summed E-state index contributed by atoms with van der Waals surface area (Å²) in [6, 6.07) is 16.2. The molecule has 2 heterocycles. The van der Waals surface area contributed by atoms with E-state index in [1.165, 1.54) is 12.4 Å². The monoisotopic (exact) mass is 493 g/mol. The zero-order valence-corrected chi connectivity index (χ0v) is 19.1. The molecule has 1 unspecified atom stereocenters. The average Bonchev–Trinajstić information content (AvgIpc) is 3.28. The van der Waals surface area contributed by atoms with Crippen LogP contribution in [0.15, 0.2) is 90.5 Å². The van der Waals surface area contributed by atoms with Crippen molar-refractivity contribution in [3.63, 3.8) is 0 Å². The highest BCUT2D eigenvalue weighted by atomic mass is 32.2. The Kier molecular flexibility index (Phi) is 5.81. The van der Waals surface area contributed by atoms with Crippen LogP contribution in [0.1, 0.15) is 5.56 Å². The number of hydrogen-bond donors (Lipinski definition) is 1. The topological polar surface area (TPSA) is 72.7 Å². The van der Waals surface area contributed by atoms with Crippen molar-refractivity contribution in [2.75, 3.05) is 4.72 Å². The van der Waals surface area contributed by atoms with E-state index < -0.39 is 22.7 Å². The second-order valence-electron chi connectivity index (χ2n) is 7.77. The Balaban J connectivity index is 1.61. The van der Waals surface area contributed by atoms with Crippen LogP contribution in [-0.2, 0) is 24.2 Å². The molecule has 35 heavy (non-hydrogen) atoms. The minimum atomic E-state index is -4.48. The molecule has 0 saturated carbocycles. The van der Waals surface area contributed by atoms with E-state index in [4.69, 9.17) is 0 Å². The third kappa shape index (κ3) is 4.52.